The summed E-state index contributed by atoms with van der Waals surface area (Å²) in [6.07, 6.45) is -1.84. The molecule has 0 radical (unpaired) electrons. The number of alkyl halides is 3. The van der Waals surface area contributed by atoms with Gasteiger partial charge in [0.15, 0.2) is 6.61 Å². The largest absolute Gasteiger partial charge is 0.468 e. The van der Waals surface area contributed by atoms with Gasteiger partial charge in [0.2, 0.25) is 5.88 Å². The topological polar surface area (TPSA) is 89.2 Å². The minimum atomic E-state index is -4.47. The number of halogens is 3. The van der Waals surface area contributed by atoms with Crippen LogP contribution in [0.15, 0.2) is 30.0 Å². The van der Waals surface area contributed by atoms with Crippen LogP contribution >= 0.6 is 0 Å². The van der Waals surface area contributed by atoms with Gasteiger partial charge in [-0.1, -0.05) is 0 Å². The van der Waals surface area contributed by atoms with E-state index in [1.807, 2.05) is 32.9 Å². The average molecular weight is 436 g/mol. The van der Waals surface area contributed by atoms with Crippen LogP contribution in [-0.4, -0.2) is 42.0 Å². The number of nitrogens with one attached hydrogen (secondary N) is 1. The first-order valence-electron chi connectivity index (χ1n) is 9.31. The lowest BCUT2D eigenvalue weighted by Gasteiger charge is -2.17. The molecule has 1 atom stereocenters. The summed E-state index contributed by atoms with van der Waals surface area (Å²) in [7, 11) is 1.62. The van der Waals surface area contributed by atoms with Gasteiger partial charge in [0.1, 0.15) is 11.6 Å². The molecule has 2 heterocycles. The maximum absolute atomic E-state index is 12.5. The van der Waals surface area contributed by atoms with Crippen LogP contribution in [0.25, 0.3) is 6.08 Å². The minimum Gasteiger partial charge on any atom is -0.468 e. The lowest BCUT2D eigenvalue weighted by Crippen LogP contribution is -2.19. The van der Waals surface area contributed by atoms with Crippen molar-refractivity contribution in [2.24, 2.45) is 0 Å². The predicted octanol–water partition coefficient (Wildman–Crippen LogP) is 4.19. The summed E-state index contributed by atoms with van der Waals surface area (Å²) in [4.78, 5) is 16.2. The van der Waals surface area contributed by atoms with Crippen molar-refractivity contribution in [3.63, 3.8) is 0 Å². The molecule has 1 N–H and O–H groups in total. The van der Waals surface area contributed by atoms with Crippen LogP contribution in [0.3, 0.4) is 0 Å². The SMILES string of the molecule is COCC(C)n1c(C)cc(/C=C(/C#N)C(=O)Nc2ccc(OCC(F)(F)F)nc2)c1C. The van der Waals surface area contributed by atoms with E-state index in [1.165, 1.54) is 18.2 Å². The molecule has 0 saturated heterocycles. The van der Waals surface area contributed by atoms with E-state index in [4.69, 9.17) is 4.74 Å². The number of amides is 1. The van der Waals surface area contributed by atoms with Gasteiger partial charge in [-0.3, -0.25) is 4.79 Å². The van der Waals surface area contributed by atoms with E-state index in [0.29, 0.717) is 6.61 Å². The smallest absolute Gasteiger partial charge is 0.422 e. The highest BCUT2D eigenvalue weighted by atomic mass is 19.4. The number of methoxy groups -OCH3 is 1. The van der Waals surface area contributed by atoms with Crippen molar-refractivity contribution in [3.8, 4) is 11.9 Å². The van der Waals surface area contributed by atoms with Gasteiger partial charge in [0.25, 0.3) is 5.91 Å². The van der Waals surface area contributed by atoms with Gasteiger partial charge in [-0.05, 0) is 44.5 Å². The molecule has 31 heavy (non-hydrogen) atoms. The summed E-state index contributed by atoms with van der Waals surface area (Å²) in [5.74, 6) is -0.896. The fourth-order valence-corrected chi connectivity index (χ4v) is 3.14. The number of anilines is 1. The van der Waals surface area contributed by atoms with E-state index in [2.05, 4.69) is 19.6 Å². The van der Waals surface area contributed by atoms with Gasteiger partial charge >= 0.3 is 6.18 Å². The Kier molecular flexibility index (Phi) is 7.83. The van der Waals surface area contributed by atoms with Crippen molar-refractivity contribution in [1.82, 2.24) is 9.55 Å². The zero-order chi connectivity index (χ0) is 23.2. The first kappa shape index (κ1) is 24.0. The highest BCUT2D eigenvalue weighted by molar-refractivity contribution is 6.09. The molecule has 1 amide bonds. The van der Waals surface area contributed by atoms with Crippen LogP contribution in [0, 0.1) is 25.2 Å². The number of aromatic nitrogens is 2. The van der Waals surface area contributed by atoms with Gasteiger partial charge in [0, 0.05) is 24.6 Å². The van der Waals surface area contributed by atoms with E-state index in [9.17, 15) is 23.2 Å². The second-order valence-electron chi connectivity index (χ2n) is 6.91. The number of carbonyl (C=O) groups is 1. The van der Waals surface area contributed by atoms with E-state index >= 15 is 0 Å². The Bertz CT molecular complexity index is 989. The Morgan fingerprint density at radius 2 is 2.10 bits per heavy atom. The number of hydrogen-bond acceptors (Lipinski definition) is 5. The monoisotopic (exact) mass is 436 g/mol. The molecular weight excluding hydrogens is 413 g/mol. The third kappa shape index (κ3) is 6.58. The fraction of sp³-hybridized carbons (Fsp3) is 0.381. The van der Waals surface area contributed by atoms with Crippen molar-refractivity contribution in [2.45, 2.75) is 33.0 Å². The normalized spacial score (nSPS) is 12.9. The molecule has 2 rings (SSSR count). The molecule has 0 saturated carbocycles. The van der Waals surface area contributed by atoms with Crippen LogP contribution in [0.5, 0.6) is 5.88 Å². The van der Waals surface area contributed by atoms with Gasteiger partial charge in [-0.2, -0.15) is 18.4 Å². The van der Waals surface area contributed by atoms with E-state index in [-0.39, 0.29) is 23.2 Å². The Morgan fingerprint density at radius 1 is 1.39 bits per heavy atom. The molecule has 0 bridgehead atoms. The van der Waals surface area contributed by atoms with Gasteiger partial charge < -0.3 is 19.4 Å². The number of nitriles is 1. The molecular formula is C21H23F3N4O3. The first-order valence-corrected chi connectivity index (χ1v) is 9.31. The maximum Gasteiger partial charge on any atom is 0.422 e. The Hall–Kier alpha value is -3.32. The van der Waals surface area contributed by atoms with Crippen molar-refractivity contribution in [2.75, 3.05) is 25.6 Å². The third-order valence-electron chi connectivity index (χ3n) is 4.41. The summed E-state index contributed by atoms with van der Waals surface area (Å²) < 4.78 is 48.3. The zero-order valence-electron chi connectivity index (χ0n) is 17.6. The first-order chi connectivity index (χ1) is 14.6. The highest BCUT2D eigenvalue weighted by Gasteiger charge is 2.28. The number of ether oxygens (including phenoxy) is 2. The summed E-state index contributed by atoms with van der Waals surface area (Å²) in [5.41, 5.74) is 2.66. The molecule has 0 aliphatic heterocycles. The van der Waals surface area contributed by atoms with Gasteiger partial charge in [-0.25, -0.2) is 4.98 Å². The van der Waals surface area contributed by atoms with Crippen LogP contribution in [0.4, 0.5) is 18.9 Å². The Balaban J connectivity index is 2.15. The number of nitrogens with zero attached hydrogens (tertiary/aromatic N) is 3. The van der Waals surface area contributed by atoms with Crippen LogP contribution in [0.2, 0.25) is 0 Å². The molecule has 0 spiro atoms. The number of carbonyl (C=O) groups excluding carboxylic acids is 1. The van der Waals surface area contributed by atoms with E-state index in [1.54, 1.807) is 7.11 Å². The molecule has 0 aromatic carbocycles. The lowest BCUT2D eigenvalue weighted by molar-refractivity contribution is -0.154. The maximum atomic E-state index is 12.5. The Labute approximate surface area is 178 Å². The summed E-state index contributed by atoms with van der Waals surface area (Å²) >= 11 is 0. The fourth-order valence-electron chi connectivity index (χ4n) is 3.14. The number of rotatable bonds is 8. The molecule has 10 heteroatoms. The minimum absolute atomic E-state index is 0.0793. The zero-order valence-corrected chi connectivity index (χ0v) is 17.6. The van der Waals surface area contributed by atoms with Crippen LogP contribution in [-0.2, 0) is 9.53 Å². The number of hydrogen-bond donors (Lipinski definition) is 1. The molecule has 166 valence electrons. The van der Waals surface area contributed by atoms with Crippen LogP contribution < -0.4 is 10.1 Å². The van der Waals surface area contributed by atoms with E-state index < -0.39 is 18.7 Å². The van der Waals surface area contributed by atoms with Gasteiger partial charge in [-0.15, -0.1) is 0 Å². The highest BCUT2D eigenvalue weighted by Crippen LogP contribution is 2.23. The molecule has 2 aromatic rings. The van der Waals surface area contributed by atoms with Crippen LogP contribution in [0.1, 0.15) is 29.9 Å². The average Bonchev–Trinajstić information content (AvgIpc) is 2.98. The Morgan fingerprint density at radius 3 is 2.65 bits per heavy atom. The lowest BCUT2D eigenvalue weighted by atomic mass is 10.1. The standard InChI is InChI=1S/C21H23F3N4O3/c1-13-7-16(15(3)28(13)14(2)11-30-4)8-17(9-25)20(29)27-18-5-6-19(26-10-18)31-12-21(22,23)24/h5-8,10,14H,11-12H2,1-4H3,(H,27,29)/b17-8-. The quantitative estimate of drug-likeness (QED) is 0.495. The third-order valence-corrected chi connectivity index (χ3v) is 4.41. The molecule has 1 unspecified atom stereocenters. The molecule has 0 aliphatic rings. The number of aryl methyl sites for hydroxylation is 1. The second kappa shape index (κ2) is 10.1. The number of pyridine rings is 1. The summed E-state index contributed by atoms with van der Waals surface area (Å²) in [6.45, 7) is 4.87. The van der Waals surface area contributed by atoms with Crippen molar-refractivity contribution in [1.29, 1.82) is 5.26 Å². The molecule has 0 fully saturated rings. The van der Waals surface area contributed by atoms with Crippen molar-refractivity contribution < 1.29 is 27.4 Å². The summed E-state index contributed by atoms with van der Waals surface area (Å²) in [6, 6.07) is 6.36. The van der Waals surface area contributed by atoms with E-state index in [0.717, 1.165) is 23.1 Å². The van der Waals surface area contributed by atoms with Crippen molar-refractivity contribution in [3.05, 3.63) is 46.9 Å². The molecule has 0 aliphatic carbocycles. The predicted molar refractivity (Wildman–Crippen MR) is 108 cm³/mol. The van der Waals surface area contributed by atoms with Crippen molar-refractivity contribution >= 4 is 17.7 Å². The second-order valence-corrected chi connectivity index (χ2v) is 6.91. The summed E-state index contributed by atoms with van der Waals surface area (Å²) in [5, 5.41) is 11.9. The molecule has 2 aromatic heterocycles. The molecule has 7 nitrogen and oxygen atoms in total. The van der Waals surface area contributed by atoms with Gasteiger partial charge in [0.05, 0.1) is 24.5 Å².